The van der Waals surface area contributed by atoms with Crippen LogP contribution in [-0.2, 0) is 4.74 Å². The van der Waals surface area contributed by atoms with Gasteiger partial charge in [-0.25, -0.2) is 4.98 Å². The molecule has 0 bridgehead atoms. The lowest BCUT2D eigenvalue weighted by Gasteiger charge is -2.22. The van der Waals surface area contributed by atoms with Crippen LogP contribution in [0.2, 0.25) is 5.28 Å². The maximum absolute atomic E-state index is 10.8. The van der Waals surface area contributed by atoms with Gasteiger partial charge in [0.15, 0.2) is 0 Å². The number of nitrogens with one attached hydrogen (secondary N) is 1. The maximum atomic E-state index is 10.8. The van der Waals surface area contributed by atoms with Gasteiger partial charge in [-0.2, -0.15) is 4.98 Å². The van der Waals surface area contributed by atoms with Crippen molar-refractivity contribution in [1.29, 1.82) is 0 Å². The molecule has 0 saturated carbocycles. The predicted octanol–water partition coefficient (Wildman–Crippen LogP) is 1.88. The van der Waals surface area contributed by atoms with E-state index in [1.165, 1.54) is 0 Å². The second-order valence-corrected chi connectivity index (χ2v) is 4.40. The first kappa shape index (κ1) is 13.0. The highest BCUT2D eigenvalue weighted by molar-refractivity contribution is 6.28. The summed E-state index contributed by atoms with van der Waals surface area (Å²) in [5.41, 5.74) is -0.161. The molecule has 0 amide bonds. The van der Waals surface area contributed by atoms with Crippen molar-refractivity contribution in [2.75, 3.05) is 25.1 Å². The largest absolute Gasteiger partial charge is 0.381 e. The molecule has 0 aromatic carbocycles. The molecule has 1 N–H and O–H groups in total. The molecule has 0 unspecified atom stereocenters. The van der Waals surface area contributed by atoms with E-state index in [0.717, 1.165) is 32.3 Å². The summed E-state index contributed by atoms with van der Waals surface area (Å²) in [5, 5.41) is 13.8. The van der Waals surface area contributed by atoms with E-state index < -0.39 is 4.92 Å². The van der Waals surface area contributed by atoms with E-state index >= 15 is 0 Å². The summed E-state index contributed by atoms with van der Waals surface area (Å²) < 4.78 is 5.25. The number of nitrogens with zero attached hydrogens (tertiary/aromatic N) is 3. The first-order valence-corrected chi connectivity index (χ1v) is 6.03. The van der Waals surface area contributed by atoms with E-state index in [4.69, 9.17) is 16.3 Å². The molecule has 1 aromatic heterocycles. The van der Waals surface area contributed by atoms with Crippen molar-refractivity contribution >= 4 is 23.1 Å². The van der Waals surface area contributed by atoms with Crippen molar-refractivity contribution in [1.82, 2.24) is 9.97 Å². The van der Waals surface area contributed by atoms with Crippen LogP contribution < -0.4 is 5.32 Å². The number of nitro groups is 1. The van der Waals surface area contributed by atoms with Crippen LogP contribution in [0.15, 0.2) is 6.20 Å². The minimum atomic E-state index is -0.525. The molecular formula is C10H13ClN4O3. The molecule has 0 aliphatic carbocycles. The van der Waals surface area contributed by atoms with Gasteiger partial charge in [0, 0.05) is 19.8 Å². The first-order valence-electron chi connectivity index (χ1n) is 5.65. The molecule has 0 radical (unpaired) electrons. The summed E-state index contributed by atoms with van der Waals surface area (Å²) in [4.78, 5) is 17.7. The van der Waals surface area contributed by atoms with Gasteiger partial charge in [0.1, 0.15) is 6.20 Å². The Morgan fingerprint density at radius 1 is 1.56 bits per heavy atom. The Bertz CT molecular complexity index is 437. The Morgan fingerprint density at radius 3 is 2.94 bits per heavy atom. The third-order valence-corrected chi connectivity index (χ3v) is 3.02. The van der Waals surface area contributed by atoms with E-state index in [2.05, 4.69) is 15.3 Å². The molecule has 1 aromatic rings. The number of ether oxygens (including phenoxy) is 1. The quantitative estimate of drug-likeness (QED) is 0.511. The highest BCUT2D eigenvalue weighted by Crippen LogP contribution is 2.23. The Morgan fingerprint density at radius 2 is 2.28 bits per heavy atom. The lowest BCUT2D eigenvalue weighted by Crippen LogP contribution is -2.23. The Hall–Kier alpha value is -1.47. The zero-order chi connectivity index (χ0) is 13.0. The van der Waals surface area contributed by atoms with Crippen LogP contribution in [0.25, 0.3) is 0 Å². The van der Waals surface area contributed by atoms with E-state index in [9.17, 15) is 10.1 Å². The van der Waals surface area contributed by atoms with Crippen molar-refractivity contribution in [3.05, 3.63) is 21.6 Å². The van der Waals surface area contributed by atoms with E-state index in [1.807, 2.05) is 0 Å². The summed E-state index contributed by atoms with van der Waals surface area (Å²) in [6, 6.07) is 0. The Labute approximate surface area is 109 Å². The third kappa shape index (κ3) is 3.27. The SMILES string of the molecule is O=[N+]([O-])c1cnc(Cl)nc1NCC1CCOCC1. The fourth-order valence-corrected chi connectivity index (χ4v) is 1.94. The molecule has 7 nitrogen and oxygen atoms in total. The minimum Gasteiger partial charge on any atom is -0.381 e. The zero-order valence-corrected chi connectivity index (χ0v) is 10.4. The fourth-order valence-electron chi connectivity index (χ4n) is 1.81. The molecule has 2 rings (SSSR count). The molecular weight excluding hydrogens is 260 g/mol. The molecule has 8 heteroatoms. The molecule has 1 fully saturated rings. The van der Waals surface area contributed by atoms with Crippen LogP contribution in [0.5, 0.6) is 0 Å². The number of hydrogen-bond donors (Lipinski definition) is 1. The average Bonchev–Trinajstić information content (AvgIpc) is 2.37. The van der Waals surface area contributed by atoms with Crippen LogP contribution in [0.4, 0.5) is 11.5 Å². The molecule has 18 heavy (non-hydrogen) atoms. The van der Waals surface area contributed by atoms with Gasteiger partial charge in [-0.1, -0.05) is 0 Å². The van der Waals surface area contributed by atoms with Gasteiger partial charge >= 0.3 is 5.69 Å². The number of hydrogen-bond acceptors (Lipinski definition) is 6. The molecule has 0 atom stereocenters. The zero-order valence-electron chi connectivity index (χ0n) is 9.63. The second-order valence-electron chi connectivity index (χ2n) is 4.07. The Kier molecular flexibility index (Phi) is 4.27. The van der Waals surface area contributed by atoms with Crippen molar-refractivity contribution in [2.24, 2.45) is 5.92 Å². The molecule has 1 aliphatic heterocycles. The smallest absolute Gasteiger partial charge is 0.329 e. The average molecular weight is 273 g/mol. The highest BCUT2D eigenvalue weighted by Gasteiger charge is 2.19. The van der Waals surface area contributed by atoms with Crippen LogP contribution in [0.1, 0.15) is 12.8 Å². The third-order valence-electron chi connectivity index (χ3n) is 2.84. The van der Waals surface area contributed by atoms with Gasteiger partial charge in [0.05, 0.1) is 4.92 Å². The van der Waals surface area contributed by atoms with Crippen molar-refractivity contribution in [2.45, 2.75) is 12.8 Å². The number of halogens is 1. The second kappa shape index (κ2) is 5.92. The lowest BCUT2D eigenvalue weighted by atomic mass is 10.0. The van der Waals surface area contributed by atoms with Gasteiger partial charge in [-0.3, -0.25) is 10.1 Å². The van der Waals surface area contributed by atoms with E-state index in [0.29, 0.717) is 12.5 Å². The van der Waals surface area contributed by atoms with Crippen LogP contribution >= 0.6 is 11.6 Å². The molecule has 1 saturated heterocycles. The first-order chi connectivity index (χ1) is 8.66. The van der Waals surface area contributed by atoms with Gasteiger partial charge in [0.2, 0.25) is 11.1 Å². The number of rotatable bonds is 4. The van der Waals surface area contributed by atoms with Crippen molar-refractivity contribution in [3.63, 3.8) is 0 Å². The monoisotopic (exact) mass is 272 g/mol. The van der Waals surface area contributed by atoms with Crippen molar-refractivity contribution in [3.8, 4) is 0 Å². The number of aromatic nitrogens is 2. The standard InChI is InChI=1S/C10H13ClN4O3/c11-10-13-6-8(15(16)17)9(14-10)12-5-7-1-3-18-4-2-7/h6-7H,1-5H2,(H,12,13,14). The lowest BCUT2D eigenvalue weighted by molar-refractivity contribution is -0.384. The highest BCUT2D eigenvalue weighted by atomic mass is 35.5. The van der Waals surface area contributed by atoms with E-state index in [-0.39, 0.29) is 16.8 Å². The summed E-state index contributed by atoms with van der Waals surface area (Å²) >= 11 is 5.64. The van der Waals surface area contributed by atoms with Crippen molar-refractivity contribution < 1.29 is 9.66 Å². The van der Waals surface area contributed by atoms with Crippen LogP contribution in [0.3, 0.4) is 0 Å². The van der Waals surface area contributed by atoms with Gasteiger partial charge in [-0.15, -0.1) is 0 Å². The molecule has 1 aliphatic rings. The minimum absolute atomic E-state index is 0.00456. The molecule has 0 spiro atoms. The topological polar surface area (TPSA) is 90.2 Å². The number of anilines is 1. The molecule has 98 valence electrons. The summed E-state index contributed by atoms with van der Waals surface area (Å²) in [5.74, 6) is 0.610. The summed E-state index contributed by atoms with van der Waals surface area (Å²) in [7, 11) is 0. The van der Waals surface area contributed by atoms with Gasteiger partial charge in [0.25, 0.3) is 0 Å². The van der Waals surface area contributed by atoms with Gasteiger partial charge < -0.3 is 10.1 Å². The van der Waals surface area contributed by atoms with Crippen LogP contribution in [-0.4, -0.2) is 34.6 Å². The Balaban J connectivity index is 2.03. The van der Waals surface area contributed by atoms with E-state index in [1.54, 1.807) is 0 Å². The maximum Gasteiger partial charge on any atom is 0.329 e. The fraction of sp³-hybridized carbons (Fsp3) is 0.600. The van der Waals surface area contributed by atoms with Crippen LogP contribution in [0, 0.1) is 16.0 Å². The summed E-state index contributed by atoms with van der Waals surface area (Å²) in [6.45, 7) is 2.09. The summed E-state index contributed by atoms with van der Waals surface area (Å²) in [6.07, 6.45) is 3.00. The normalized spacial score (nSPS) is 16.5. The predicted molar refractivity (Wildman–Crippen MR) is 65.7 cm³/mol. The molecule has 2 heterocycles. The van der Waals surface area contributed by atoms with Gasteiger partial charge in [-0.05, 0) is 30.4 Å².